The van der Waals surface area contributed by atoms with Gasteiger partial charge in [0.15, 0.2) is 0 Å². The predicted octanol–water partition coefficient (Wildman–Crippen LogP) is 4.30. The van der Waals surface area contributed by atoms with Crippen LogP contribution in [0.5, 0.6) is 11.5 Å². The molecule has 0 fully saturated rings. The lowest BCUT2D eigenvalue weighted by Gasteiger charge is -2.19. The Morgan fingerprint density at radius 2 is 1.39 bits per heavy atom. The van der Waals surface area contributed by atoms with E-state index < -0.39 is 12.4 Å². The summed E-state index contributed by atoms with van der Waals surface area (Å²) < 4.78 is 44.4. The standard InChI is InChI=1S/C12H8BBrF3O/c14-10-6-2-4-8-12(10)18-11-7-3-1-5-9(11)13(15,16)17/h1-8H/q-1. The number of hydrogen-bond acceptors (Lipinski definition) is 1. The Morgan fingerprint density at radius 3 is 2.00 bits per heavy atom. The summed E-state index contributed by atoms with van der Waals surface area (Å²) in [6.45, 7) is -5.09. The largest absolute Gasteiger partial charge is 0.513 e. The highest BCUT2D eigenvalue weighted by Crippen LogP contribution is 2.29. The van der Waals surface area contributed by atoms with Gasteiger partial charge in [0, 0.05) is 0 Å². The maximum Gasteiger partial charge on any atom is 0.513 e. The summed E-state index contributed by atoms with van der Waals surface area (Å²) in [4.78, 5) is 0. The van der Waals surface area contributed by atoms with Crippen molar-refractivity contribution in [2.24, 2.45) is 0 Å². The summed E-state index contributed by atoms with van der Waals surface area (Å²) in [6, 6.07) is 11.9. The molecule has 2 rings (SSSR count). The van der Waals surface area contributed by atoms with Gasteiger partial charge < -0.3 is 17.7 Å². The van der Waals surface area contributed by atoms with Gasteiger partial charge in [-0.1, -0.05) is 35.8 Å². The first kappa shape index (κ1) is 13.0. The minimum absolute atomic E-state index is 0.183. The Bertz CT molecular complexity index is 557. The van der Waals surface area contributed by atoms with E-state index in [1.807, 2.05) is 0 Å². The average Bonchev–Trinajstić information content (AvgIpc) is 2.31. The number of para-hydroxylation sites is 2. The van der Waals surface area contributed by atoms with Gasteiger partial charge in [0.05, 0.1) is 4.47 Å². The van der Waals surface area contributed by atoms with Gasteiger partial charge in [-0.15, -0.1) is 0 Å². The first-order chi connectivity index (χ1) is 8.48. The van der Waals surface area contributed by atoms with Crippen LogP contribution < -0.4 is 10.2 Å². The molecule has 0 spiro atoms. The number of rotatable bonds is 3. The van der Waals surface area contributed by atoms with E-state index in [9.17, 15) is 12.9 Å². The van der Waals surface area contributed by atoms with Crippen molar-refractivity contribution < 1.29 is 17.7 Å². The van der Waals surface area contributed by atoms with Crippen molar-refractivity contribution in [3.05, 3.63) is 53.0 Å². The molecule has 0 atom stereocenters. The van der Waals surface area contributed by atoms with E-state index in [1.54, 1.807) is 24.3 Å². The minimum atomic E-state index is -5.09. The third-order valence-corrected chi connectivity index (χ3v) is 2.98. The quantitative estimate of drug-likeness (QED) is 0.768. The van der Waals surface area contributed by atoms with Crippen LogP contribution in [0.3, 0.4) is 0 Å². The van der Waals surface area contributed by atoms with Crippen molar-refractivity contribution in [3.8, 4) is 11.5 Å². The first-order valence-corrected chi connectivity index (χ1v) is 5.99. The van der Waals surface area contributed by atoms with E-state index in [0.717, 1.165) is 6.07 Å². The van der Waals surface area contributed by atoms with E-state index in [0.29, 0.717) is 10.2 Å². The van der Waals surface area contributed by atoms with Gasteiger partial charge in [-0.2, -0.15) is 0 Å². The molecular formula is C12H8BBrF3O-. The Labute approximate surface area is 111 Å². The van der Waals surface area contributed by atoms with Crippen LogP contribution in [0.15, 0.2) is 53.0 Å². The van der Waals surface area contributed by atoms with Crippen LogP contribution in [0.1, 0.15) is 0 Å². The van der Waals surface area contributed by atoms with Gasteiger partial charge in [0.2, 0.25) is 0 Å². The van der Waals surface area contributed by atoms with Crippen LogP contribution >= 0.6 is 15.9 Å². The summed E-state index contributed by atoms with van der Waals surface area (Å²) in [5.41, 5.74) is -0.728. The number of halogens is 4. The van der Waals surface area contributed by atoms with E-state index >= 15 is 0 Å². The highest BCUT2D eigenvalue weighted by molar-refractivity contribution is 9.10. The Hall–Kier alpha value is -1.43. The molecule has 0 radical (unpaired) electrons. The molecule has 0 aromatic heterocycles. The van der Waals surface area contributed by atoms with Gasteiger partial charge in [-0.25, -0.2) is 0 Å². The molecule has 0 amide bonds. The summed E-state index contributed by atoms with van der Waals surface area (Å²) in [6.07, 6.45) is 0. The zero-order chi connectivity index (χ0) is 13.2. The van der Waals surface area contributed by atoms with Crippen molar-refractivity contribution in [3.63, 3.8) is 0 Å². The molecule has 0 heterocycles. The molecule has 0 aliphatic heterocycles. The Morgan fingerprint density at radius 1 is 0.833 bits per heavy atom. The molecule has 0 unspecified atom stereocenters. The van der Waals surface area contributed by atoms with Gasteiger partial charge in [-0.05, 0) is 34.1 Å². The summed E-state index contributed by atoms with van der Waals surface area (Å²) >= 11 is 3.23. The first-order valence-electron chi connectivity index (χ1n) is 5.20. The van der Waals surface area contributed by atoms with Crippen molar-refractivity contribution in [1.29, 1.82) is 0 Å². The monoisotopic (exact) mass is 315 g/mol. The lowest BCUT2D eigenvalue weighted by atomic mass is 9.79. The van der Waals surface area contributed by atoms with E-state index in [-0.39, 0.29) is 5.75 Å². The van der Waals surface area contributed by atoms with Crippen LogP contribution in [0.4, 0.5) is 12.9 Å². The summed E-state index contributed by atoms with van der Waals surface area (Å²) in [7, 11) is 0. The lowest BCUT2D eigenvalue weighted by Crippen LogP contribution is -2.34. The molecule has 1 nitrogen and oxygen atoms in total. The lowest BCUT2D eigenvalue weighted by molar-refractivity contribution is 0.467. The average molecular weight is 316 g/mol. The van der Waals surface area contributed by atoms with Gasteiger partial charge in [0.25, 0.3) is 0 Å². The zero-order valence-corrected chi connectivity index (χ0v) is 10.7. The molecule has 0 aliphatic rings. The predicted molar refractivity (Wildman–Crippen MR) is 69.4 cm³/mol. The van der Waals surface area contributed by atoms with Crippen molar-refractivity contribution >= 4 is 28.4 Å². The van der Waals surface area contributed by atoms with Crippen LogP contribution in [0.2, 0.25) is 0 Å². The zero-order valence-electron chi connectivity index (χ0n) is 9.12. The molecule has 0 bridgehead atoms. The van der Waals surface area contributed by atoms with Crippen molar-refractivity contribution in [2.45, 2.75) is 0 Å². The number of hydrogen-bond donors (Lipinski definition) is 0. The van der Waals surface area contributed by atoms with Crippen molar-refractivity contribution in [2.75, 3.05) is 0 Å². The fourth-order valence-electron chi connectivity index (χ4n) is 1.49. The number of ether oxygens (including phenoxy) is 1. The van der Waals surface area contributed by atoms with E-state index in [4.69, 9.17) is 4.74 Å². The van der Waals surface area contributed by atoms with Gasteiger partial charge in [0.1, 0.15) is 11.5 Å². The second kappa shape index (κ2) is 5.06. The topological polar surface area (TPSA) is 9.23 Å². The molecule has 6 heteroatoms. The normalized spacial score (nSPS) is 11.3. The van der Waals surface area contributed by atoms with Crippen molar-refractivity contribution in [1.82, 2.24) is 0 Å². The second-order valence-electron chi connectivity index (χ2n) is 3.65. The Kier molecular flexibility index (Phi) is 3.66. The second-order valence-corrected chi connectivity index (χ2v) is 4.50. The van der Waals surface area contributed by atoms with Gasteiger partial charge in [-0.3, -0.25) is 0 Å². The van der Waals surface area contributed by atoms with Crippen LogP contribution in [0, 0.1) is 0 Å². The minimum Gasteiger partial charge on any atom is -0.459 e. The molecular weight excluding hydrogens is 308 g/mol. The maximum absolute atomic E-state index is 12.8. The molecule has 94 valence electrons. The maximum atomic E-state index is 12.8. The molecule has 0 N–H and O–H groups in total. The van der Waals surface area contributed by atoms with E-state index in [2.05, 4.69) is 15.9 Å². The van der Waals surface area contributed by atoms with Crippen LogP contribution in [-0.4, -0.2) is 6.98 Å². The smallest absolute Gasteiger partial charge is 0.459 e. The molecule has 2 aromatic rings. The third-order valence-electron chi connectivity index (χ3n) is 2.33. The van der Waals surface area contributed by atoms with Gasteiger partial charge >= 0.3 is 6.98 Å². The fraction of sp³-hybridized carbons (Fsp3) is 0. The molecule has 18 heavy (non-hydrogen) atoms. The highest BCUT2D eigenvalue weighted by atomic mass is 79.9. The fourth-order valence-corrected chi connectivity index (χ4v) is 1.86. The summed E-state index contributed by atoms with van der Waals surface area (Å²) in [5.74, 6) is 0.168. The highest BCUT2D eigenvalue weighted by Gasteiger charge is 2.29. The third kappa shape index (κ3) is 2.87. The van der Waals surface area contributed by atoms with Crippen LogP contribution in [-0.2, 0) is 0 Å². The number of benzene rings is 2. The Balaban J connectivity index is 2.39. The molecule has 0 saturated heterocycles. The summed E-state index contributed by atoms with van der Waals surface area (Å²) in [5, 5.41) is 0. The molecule has 2 aromatic carbocycles. The molecule has 0 saturated carbocycles. The van der Waals surface area contributed by atoms with Crippen LogP contribution in [0.25, 0.3) is 0 Å². The van der Waals surface area contributed by atoms with E-state index in [1.165, 1.54) is 18.2 Å². The SMILES string of the molecule is F[B-](F)(F)c1ccccc1Oc1ccccc1Br. The molecule has 0 aliphatic carbocycles.